The number of carbonyl (C=O) groups is 1. The van der Waals surface area contributed by atoms with Crippen molar-refractivity contribution in [3.05, 3.63) is 52.9 Å². The fourth-order valence-electron chi connectivity index (χ4n) is 3.20. The first kappa shape index (κ1) is 16.5. The number of rotatable bonds is 4. The summed E-state index contributed by atoms with van der Waals surface area (Å²) in [7, 11) is 1.78. The lowest BCUT2D eigenvalue weighted by Gasteiger charge is -2.27. The quantitative estimate of drug-likeness (QED) is 0.734. The van der Waals surface area contributed by atoms with Crippen LogP contribution in [-0.2, 0) is 31.4 Å². The fraction of sp³-hybridized carbons (Fsp3) is 0.412. The number of nitrogens with zero attached hydrogens (tertiary/aromatic N) is 6. The largest absolute Gasteiger partial charge is 0.380 e. The number of hydrogen-bond donors (Lipinski definition) is 1. The summed E-state index contributed by atoms with van der Waals surface area (Å²) in [6, 6.07) is 5.38. The van der Waals surface area contributed by atoms with E-state index >= 15 is 0 Å². The molecule has 0 saturated carbocycles. The molecule has 9 nitrogen and oxygen atoms in total. The Balaban J connectivity index is 1.48. The topological polar surface area (TPSA) is 102 Å². The van der Waals surface area contributed by atoms with Gasteiger partial charge in [0, 0.05) is 25.9 Å². The van der Waals surface area contributed by atoms with E-state index in [2.05, 4.69) is 15.4 Å². The Morgan fingerprint density at radius 3 is 2.92 bits per heavy atom. The van der Waals surface area contributed by atoms with Gasteiger partial charge in [-0.25, -0.2) is 0 Å². The van der Waals surface area contributed by atoms with E-state index in [4.69, 9.17) is 4.52 Å². The molecule has 1 N–H and O–H groups in total. The fourth-order valence-corrected chi connectivity index (χ4v) is 3.20. The first-order valence-electron chi connectivity index (χ1n) is 8.44. The van der Waals surface area contributed by atoms with Crippen molar-refractivity contribution in [2.24, 2.45) is 7.05 Å². The normalized spacial score (nSPS) is 15.1. The van der Waals surface area contributed by atoms with Gasteiger partial charge in [-0.1, -0.05) is 5.16 Å². The van der Waals surface area contributed by atoms with Gasteiger partial charge < -0.3 is 14.5 Å². The molecule has 0 spiro atoms. The third-order valence-electron chi connectivity index (χ3n) is 4.59. The molecule has 3 aromatic rings. The molecule has 136 valence electrons. The molecule has 0 aromatic carbocycles. The lowest BCUT2D eigenvalue weighted by atomic mass is 10.1. The summed E-state index contributed by atoms with van der Waals surface area (Å²) in [5.41, 5.74) is 2.89. The van der Waals surface area contributed by atoms with E-state index in [1.54, 1.807) is 35.0 Å². The van der Waals surface area contributed by atoms with Gasteiger partial charge in [-0.3, -0.25) is 14.2 Å². The Morgan fingerprint density at radius 1 is 1.38 bits per heavy atom. The van der Waals surface area contributed by atoms with Gasteiger partial charge in [-0.15, -0.1) is 0 Å². The molecule has 3 aromatic heterocycles. The maximum atomic E-state index is 12.5. The van der Waals surface area contributed by atoms with Gasteiger partial charge in [0.1, 0.15) is 11.9 Å². The second-order valence-electron chi connectivity index (χ2n) is 6.49. The van der Waals surface area contributed by atoms with Gasteiger partial charge >= 0.3 is 0 Å². The van der Waals surface area contributed by atoms with E-state index in [0.717, 1.165) is 11.4 Å². The first-order chi connectivity index (χ1) is 12.5. The van der Waals surface area contributed by atoms with Crippen molar-refractivity contribution in [2.75, 3.05) is 6.54 Å². The predicted octanol–water partition coefficient (Wildman–Crippen LogP) is 0.580. The highest BCUT2D eigenvalue weighted by atomic mass is 16.5. The van der Waals surface area contributed by atoms with Crippen molar-refractivity contribution in [2.45, 2.75) is 32.5 Å². The van der Waals surface area contributed by atoms with Crippen molar-refractivity contribution in [3.63, 3.8) is 0 Å². The monoisotopic (exact) mass is 356 g/mol. The van der Waals surface area contributed by atoms with Crippen molar-refractivity contribution in [3.8, 4) is 0 Å². The number of amides is 1. The Bertz CT molecular complexity index is 940. The smallest absolute Gasteiger partial charge is 0.230 e. The molecule has 0 saturated heterocycles. The molecular formula is C17H20N6O3. The molecule has 0 fully saturated rings. The van der Waals surface area contributed by atoms with Crippen LogP contribution in [-0.4, -0.2) is 47.2 Å². The molecule has 9 heteroatoms. The zero-order valence-electron chi connectivity index (χ0n) is 14.7. The van der Waals surface area contributed by atoms with Crippen LogP contribution in [0, 0.1) is 6.92 Å². The number of fused-ring (bicyclic) bond motifs is 1. The van der Waals surface area contributed by atoms with E-state index in [1.807, 2.05) is 17.7 Å². The Morgan fingerprint density at radius 2 is 2.23 bits per heavy atom. The van der Waals surface area contributed by atoms with Crippen LogP contribution < -0.4 is 0 Å². The van der Waals surface area contributed by atoms with Crippen molar-refractivity contribution in [1.82, 2.24) is 29.6 Å². The molecule has 1 atom stereocenters. The molecule has 0 unspecified atom stereocenters. The number of hydrogen-bond acceptors (Lipinski definition) is 6. The molecule has 1 aliphatic rings. The third-order valence-corrected chi connectivity index (χ3v) is 4.59. The van der Waals surface area contributed by atoms with Gasteiger partial charge in [0.05, 0.1) is 42.3 Å². The zero-order chi connectivity index (χ0) is 18.3. The summed E-state index contributed by atoms with van der Waals surface area (Å²) < 4.78 is 8.59. The predicted molar refractivity (Wildman–Crippen MR) is 89.9 cm³/mol. The van der Waals surface area contributed by atoms with E-state index in [9.17, 15) is 9.90 Å². The van der Waals surface area contributed by atoms with E-state index < -0.39 is 6.10 Å². The van der Waals surface area contributed by atoms with Crippen LogP contribution in [0.1, 0.15) is 34.6 Å². The highest BCUT2D eigenvalue weighted by Crippen LogP contribution is 2.23. The first-order valence-corrected chi connectivity index (χ1v) is 8.44. The van der Waals surface area contributed by atoms with Gasteiger partial charge in [-0.2, -0.15) is 10.2 Å². The van der Waals surface area contributed by atoms with E-state index in [0.29, 0.717) is 36.8 Å². The molecule has 4 heterocycles. The van der Waals surface area contributed by atoms with Crippen LogP contribution in [0.2, 0.25) is 0 Å². The minimum atomic E-state index is -0.845. The van der Waals surface area contributed by atoms with Gasteiger partial charge in [0.15, 0.2) is 0 Å². The molecule has 1 amide bonds. The van der Waals surface area contributed by atoms with Gasteiger partial charge in [0.25, 0.3) is 0 Å². The third kappa shape index (κ3) is 3.01. The molecule has 0 radical (unpaired) electrons. The number of aromatic nitrogens is 5. The van der Waals surface area contributed by atoms with Crippen molar-refractivity contribution in [1.29, 1.82) is 0 Å². The van der Waals surface area contributed by atoms with Crippen LogP contribution in [0.4, 0.5) is 0 Å². The summed E-state index contributed by atoms with van der Waals surface area (Å²) in [6.07, 6.45) is 0.988. The number of aliphatic hydroxyl groups is 1. The minimum absolute atomic E-state index is 0.0117. The van der Waals surface area contributed by atoms with Crippen LogP contribution in [0.15, 0.2) is 28.9 Å². The second kappa shape index (κ2) is 6.41. The molecule has 4 rings (SSSR count). The number of aliphatic hydroxyl groups excluding tert-OH is 1. The summed E-state index contributed by atoms with van der Waals surface area (Å²) >= 11 is 0. The van der Waals surface area contributed by atoms with Crippen molar-refractivity contribution < 1.29 is 14.4 Å². The summed E-state index contributed by atoms with van der Waals surface area (Å²) in [6.45, 7) is 3.44. The highest BCUT2D eigenvalue weighted by molar-refractivity contribution is 5.78. The summed E-state index contributed by atoms with van der Waals surface area (Å²) in [4.78, 5) is 14.3. The van der Waals surface area contributed by atoms with Crippen LogP contribution in [0.25, 0.3) is 0 Å². The number of aryl methyl sites for hydroxylation is 2. The maximum Gasteiger partial charge on any atom is 0.230 e. The average Bonchev–Trinajstić information content (AvgIpc) is 3.33. The van der Waals surface area contributed by atoms with Crippen LogP contribution >= 0.6 is 0 Å². The molecule has 1 aliphatic heterocycles. The van der Waals surface area contributed by atoms with Crippen molar-refractivity contribution >= 4 is 5.91 Å². The van der Waals surface area contributed by atoms with Gasteiger partial charge in [-0.05, 0) is 19.1 Å². The molecule has 0 bridgehead atoms. The minimum Gasteiger partial charge on any atom is -0.380 e. The molecular weight excluding hydrogens is 336 g/mol. The Labute approximate surface area is 149 Å². The second-order valence-corrected chi connectivity index (χ2v) is 6.49. The molecule has 26 heavy (non-hydrogen) atoms. The maximum absolute atomic E-state index is 12.5. The standard InChI is InChI=1S/C17H20N6O3/c1-11-7-13(26-20-11)9-16(24)22-5-6-23-12(10-22)8-14(19-23)17(25)15-3-4-18-21(15)2/h3-4,7-8,17,25H,5-6,9-10H2,1-2H3/t17-/m0/s1. The Hall–Kier alpha value is -2.94. The Kier molecular flexibility index (Phi) is 4.08. The zero-order valence-corrected chi connectivity index (χ0v) is 14.7. The number of carbonyl (C=O) groups excluding carboxylic acids is 1. The van der Waals surface area contributed by atoms with E-state index in [-0.39, 0.29) is 12.3 Å². The average molecular weight is 356 g/mol. The lowest BCUT2D eigenvalue weighted by Crippen LogP contribution is -2.39. The highest BCUT2D eigenvalue weighted by Gasteiger charge is 2.26. The molecule has 0 aliphatic carbocycles. The van der Waals surface area contributed by atoms with Crippen LogP contribution in [0.3, 0.4) is 0 Å². The lowest BCUT2D eigenvalue weighted by molar-refractivity contribution is -0.132. The van der Waals surface area contributed by atoms with Gasteiger partial charge in [0.2, 0.25) is 5.91 Å². The SMILES string of the molecule is Cc1cc(CC(=O)N2CCn3nc([C@H](O)c4ccnn4C)cc3C2)on1. The summed E-state index contributed by atoms with van der Waals surface area (Å²) in [5, 5.41) is 22.9. The van der Waals surface area contributed by atoms with E-state index in [1.165, 1.54) is 0 Å². The summed E-state index contributed by atoms with van der Waals surface area (Å²) in [5.74, 6) is 0.557. The van der Waals surface area contributed by atoms with Crippen LogP contribution in [0.5, 0.6) is 0 Å².